The van der Waals surface area contributed by atoms with Crippen molar-refractivity contribution in [2.24, 2.45) is 22.7 Å². The molecular weight excluding hydrogens is 394 g/mol. The van der Waals surface area contributed by atoms with Crippen LogP contribution < -0.4 is 0 Å². The molecule has 2 atom stereocenters. The Balaban J connectivity index is 1.45. The first-order chi connectivity index (χ1) is 15.5. The molecule has 0 spiro atoms. The predicted molar refractivity (Wildman–Crippen MR) is 131 cm³/mol. The zero-order valence-electron chi connectivity index (χ0n) is 18.9. The van der Waals surface area contributed by atoms with Crippen LogP contribution in [0.5, 0.6) is 0 Å². The van der Waals surface area contributed by atoms with Crippen LogP contribution in [0.4, 0.5) is 5.69 Å². The highest BCUT2D eigenvalue weighted by Crippen LogP contribution is 2.35. The Morgan fingerprint density at radius 3 is 2.28 bits per heavy atom. The van der Waals surface area contributed by atoms with Gasteiger partial charge in [0, 0.05) is 35.7 Å². The zero-order chi connectivity index (χ0) is 22.5. The number of Topliss-reactive ketones (excluding diaryl/α,β-unsaturated/α-hetero) is 1. The number of benzene rings is 2. The van der Waals surface area contributed by atoms with Gasteiger partial charge in [-0.1, -0.05) is 63.2 Å². The molecule has 1 saturated carbocycles. The lowest BCUT2D eigenvalue weighted by molar-refractivity contribution is -0.122. The first-order valence-corrected chi connectivity index (χ1v) is 11.3. The molecule has 2 aromatic carbocycles. The Kier molecular flexibility index (Phi) is 6.69. The molecule has 32 heavy (non-hydrogen) atoms. The number of rotatable bonds is 5. The number of aromatic nitrogens is 2. The molecule has 4 nitrogen and oxygen atoms in total. The Morgan fingerprint density at radius 1 is 0.938 bits per heavy atom. The normalized spacial score (nSPS) is 20.4. The van der Waals surface area contributed by atoms with Crippen LogP contribution in [0.1, 0.15) is 44.7 Å². The second-order valence-electron chi connectivity index (χ2n) is 8.85. The highest BCUT2D eigenvalue weighted by atomic mass is 16.1. The SMILES string of the molecule is CC(C)[C@H]1CC[C@@H](C)C(=Cc2ccc(N=Cc3cnc(-c4ccccc4)nc3)cc2)C1=O. The van der Waals surface area contributed by atoms with Gasteiger partial charge in [-0.05, 0) is 54.0 Å². The summed E-state index contributed by atoms with van der Waals surface area (Å²) in [6.45, 7) is 6.44. The predicted octanol–water partition coefficient (Wildman–Crippen LogP) is 6.55. The van der Waals surface area contributed by atoms with Gasteiger partial charge < -0.3 is 0 Å². The maximum atomic E-state index is 12.9. The van der Waals surface area contributed by atoms with Gasteiger partial charge in [-0.25, -0.2) is 9.97 Å². The van der Waals surface area contributed by atoms with Crippen molar-refractivity contribution in [2.75, 3.05) is 0 Å². The zero-order valence-corrected chi connectivity index (χ0v) is 18.9. The average Bonchev–Trinajstić information content (AvgIpc) is 2.82. The Bertz CT molecular complexity index is 1110. The molecule has 1 aliphatic rings. The molecule has 1 aliphatic carbocycles. The standard InChI is InChI=1S/C28H29N3O/c1-19(2)25-14-9-20(3)26(27(25)32)15-21-10-12-24(13-11-21)29-16-22-17-30-28(31-18-22)23-7-5-4-6-8-23/h4-8,10-13,15-20,25H,9,14H2,1-3H3/t20-,25-/m1/s1. The van der Waals surface area contributed by atoms with E-state index in [2.05, 4.69) is 41.8 Å². The molecule has 0 radical (unpaired) electrons. The monoisotopic (exact) mass is 423 g/mol. The fourth-order valence-electron chi connectivity index (χ4n) is 4.15. The highest BCUT2D eigenvalue weighted by molar-refractivity contribution is 6.02. The third-order valence-corrected chi connectivity index (χ3v) is 6.15. The molecule has 4 heteroatoms. The number of allylic oxidation sites excluding steroid dienone is 1. The third-order valence-electron chi connectivity index (χ3n) is 6.15. The minimum atomic E-state index is 0.150. The van der Waals surface area contributed by atoms with Gasteiger partial charge in [0.2, 0.25) is 0 Å². The summed E-state index contributed by atoms with van der Waals surface area (Å²) in [5.74, 6) is 1.87. The van der Waals surface area contributed by atoms with Crippen molar-refractivity contribution < 1.29 is 4.79 Å². The van der Waals surface area contributed by atoms with Gasteiger partial charge in [-0.3, -0.25) is 9.79 Å². The largest absolute Gasteiger partial charge is 0.294 e. The van der Waals surface area contributed by atoms with Crippen molar-refractivity contribution in [3.05, 3.63) is 83.7 Å². The lowest BCUT2D eigenvalue weighted by Gasteiger charge is -2.30. The molecule has 1 heterocycles. The molecule has 0 N–H and O–H groups in total. The number of nitrogens with zero attached hydrogens (tertiary/aromatic N) is 3. The van der Waals surface area contributed by atoms with E-state index >= 15 is 0 Å². The van der Waals surface area contributed by atoms with E-state index in [1.807, 2.05) is 54.6 Å². The molecule has 3 aromatic rings. The van der Waals surface area contributed by atoms with Crippen molar-refractivity contribution in [1.29, 1.82) is 0 Å². The van der Waals surface area contributed by atoms with E-state index in [1.54, 1.807) is 18.6 Å². The summed E-state index contributed by atoms with van der Waals surface area (Å²) in [5, 5.41) is 0. The van der Waals surface area contributed by atoms with Gasteiger partial charge in [0.15, 0.2) is 11.6 Å². The topological polar surface area (TPSA) is 55.2 Å². The molecule has 0 saturated heterocycles. The van der Waals surface area contributed by atoms with Crippen LogP contribution in [0.25, 0.3) is 17.5 Å². The van der Waals surface area contributed by atoms with Crippen LogP contribution in [0.2, 0.25) is 0 Å². The second-order valence-corrected chi connectivity index (χ2v) is 8.85. The number of hydrogen-bond acceptors (Lipinski definition) is 4. The van der Waals surface area contributed by atoms with Gasteiger partial charge in [0.1, 0.15) is 0 Å². The number of aliphatic imine (C=N–C) groups is 1. The average molecular weight is 424 g/mol. The fraction of sp³-hybridized carbons (Fsp3) is 0.286. The van der Waals surface area contributed by atoms with Crippen molar-refractivity contribution in [2.45, 2.75) is 33.6 Å². The third kappa shape index (κ3) is 5.08. The van der Waals surface area contributed by atoms with Crippen molar-refractivity contribution in [3.8, 4) is 11.4 Å². The van der Waals surface area contributed by atoms with Crippen LogP contribution >= 0.6 is 0 Å². The van der Waals surface area contributed by atoms with E-state index in [0.717, 1.165) is 40.8 Å². The Labute approximate surface area is 190 Å². The molecule has 4 rings (SSSR count). The molecule has 0 unspecified atom stereocenters. The van der Waals surface area contributed by atoms with E-state index in [4.69, 9.17) is 0 Å². The van der Waals surface area contributed by atoms with E-state index in [-0.39, 0.29) is 5.92 Å². The molecule has 162 valence electrons. The summed E-state index contributed by atoms with van der Waals surface area (Å²) in [4.78, 5) is 26.3. The maximum absolute atomic E-state index is 12.9. The van der Waals surface area contributed by atoms with Gasteiger partial charge in [0.25, 0.3) is 0 Å². The van der Waals surface area contributed by atoms with E-state index in [0.29, 0.717) is 23.4 Å². The summed E-state index contributed by atoms with van der Waals surface area (Å²) in [6, 6.07) is 17.9. The quantitative estimate of drug-likeness (QED) is 0.345. The van der Waals surface area contributed by atoms with E-state index in [9.17, 15) is 4.79 Å². The number of hydrogen-bond donors (Lipinski definition) is 0. The summed E-state index contributed by atoms with van der Waals surface area (Å²) in [7, 11) is 0. The minimum Gasteiger partial charge on any atom is -0.294 e. The summed E-state index contributed by atoms with van der Waals surface area (Å²) in [6.07, 6.45) is 9.46. The maximum Gasteiger partial charge on any atom is 0.162 e. The van der Waals surface area contributed by atoms with Gasteiger partial charge in [0.05, 0.1) is 5.69 Å². The Hall–Kier alpha value is -3.40. The fourth-order valence-corrected chi connectivity index (χ4v) is 4.15. The first kappa shape index (κ1) is 21.8. The number of ketones is 1. The summed E-state index contributed by atoms with van der Waals surface area (Å²) >= 11 is 0. The van der Waals surface area contributed by atoms with Crippen molar-refractivity contribution in [3.63, 3.8) is 0 Å². The first-order valence-electron chi connectivity index (χ1n) is 11.3. The lowest BCUT2D eigenvalue weighted by Crippen LogP contribution is -2.30. The van der Waals surface area contributed by atoms with Crippen LogP contribution in [0.3, 0.4) is 0 Å². The number of carbonyl (C=O) groups excluding carboxylic acids is 1. The molecule has 0 aliphatic heterocycles. The van der Waals surface area contributed by atoms with Crippen molar-refractivity contribution >= 4 is 23.8 Å². The summed E-state index contributed by atoms with van der Waals surface area (Å²) in [5.41, 5.74) is 4.69. The summed E-state index contributed by atoms with van der Waals surface area (Å²) < 4.78 is 0. The van der Waals surface area contributed by atoms with Crippen LogP contribution in [-0.2, 0) is 4.79 Å². The highest BCUT2D eigenvalue weighted by Gasteiger charge is 2.32. The van der Waals surface area contributed by atoms with Gasteiger partial charge in [-0.15, -0.1) is 0 Å². The van der Waals surface area contributed by atoms with Crippen LogP contribution in [0, 0.1) is 17.8 Å². The van der Waals surface area contributed by atoms with Crippen LogP contribution in [0.15, 0.2) is 77.6 Å². The minimum absolute atomic E-state index is 0.150. The lowest BCUT2D eigenvalue weighted by atomic mass is 9.73. The smallest absolute Gasteiger partial charge is 0.162 e. The molecule has 0 amide bonds. The molecule has 1 aromatic heterocycles. The molecule has 1 fully saturated rings. The van der Waals surface area contributed by atoms with E-state index in [1.165, 1.54) is 0 Å². The number of carbonyl (C=O) groups is 1. The van der Waals surface area contributed by atoms with Gasteiger partial charge >= 0.3 is 0 Å². The molecular formula is C28H29N3O. The molecule has 0 bridgehead atoms. The Morgan fingerprint density at radius 2 is 1.62 bits per heavy atom. The van der Waals surface area contributed by atoms with Crippen LogP contribution in [-0.4, -0.2) is 22.0 Å². The van der Waals surface area contributed by atoms with Gasteiger partial charge in [-0.2, -0.15) is 0 Å². The van der Waals surface area contributed by atoms with E-state index < -0.39 is 0 Å². The van der Waals surface area contributed by atoms with Crippen molar-refractivity contribution in [1.82, 2.24) is 9.97 Å². The second kappa shape index (κ2) is 9.82.